The van der Waals surface area contributed by atoms with Crippen molar-refractivity contribution in [1.82, 2.24) is 5.32 Å². The first kappa shape index (κ1) is 18.7. The number of nitrogens with two attached hydrogens (primary N) is 1. The van der Waals surface area contributed by atoms with E-state index in [9.17, 15) is 4.79 Å². The largest absolute Gasteiger partial charge is 0.497 e. The van der Waals surface area contributed by atoms with E-state index in [0.29, 0.717) is 6.54 Å². The van der Waals surface area contributed by atoms with Crippen molar-refractivity contribution in [2.24, 2.45) is 0 Å². The molecular weight excluding hydrogens is 340 g/mol. The van der Waals surface area contributed by atoms with Gasteiger partial charge in [-0.05, 0) is 36.8 Å². The summed E-state index contributed by atoms with van der Waals surface area (Å²) < 4.78 is 10.8. The topological polar surface area (TPSA) is 68.1 Å². The molecule has 0 saturated heterocycles. The van der Waals surface area contributed by atoms with Gasteiger partial charge in [-0.2, -0.15) is 0 Å². The fourth-order valence-electron chi connectivity index (χ4n) is 2.97. The number of carbonyl (C=O) groups is 1. The first-order chi connectivity index (χ1) is 13.2. The van der Waals surface area contributed by atoms with Gasteiger partial charge in [0.25, 0.3) is 5.91 Å². The first-order valence-electron chi connectivity index (χ1n) is 9.01. The van der Waals surface area contributed by atoms with Crippen LogP contribution in [0.4, 0.5) is 0 Å². The van der Waals surface area contributed by atoms with Crippen molar-refractivity contribution in [1.29, 1.82) is 0 Å². The van der Waals surface area contributed by atoms with E-state index in [-0.39, 0.29) is 18.0 Å². The average molecular weight is 365 g/mol. The van der Waals surface area contributed by atoms with Gasteiger partial charge in [0, 0.05) is 12.1 Å². The van der Waals surface area contributed by atoms with Gasteiger partial charge in [0.1, 0.15) is 5.75 Å². The van der Waals surface area contributed by atoms with Gasteiger partial charge in [0.2, 0.25) is 0 Å². The normalized spacial score (nSPS) is 13.0. The van der Waals surface area contributed by atoms with Gasteiger partial charge in [-0.1, -0.05) is 42.5 Å². The summed E-state index contributed by atoms with van der Waals surface area (Å²) >= 11 is 0. The Labute approximate surface area is 159 Å². The number of amides is 1. The molecule has 1 amide bonds. The minimum atomic E-state index is -0.265. The highest BCUT2D eigenvalue weighted by Gasteiger charge is 2.26. The molecule has 0 aliphatic rings. The Bertz CT molecular complexity index is 830. The zero-order chi connectivity index (χ0) is 19.1. The molecule has 0 aliphatic heterocycles. The summed E-state index contributed by atoms with van der Waals surface area (Å²) in [6.45, 7) is 2.39. The summed E-state index contributed by atoms with van der Waals surface area (Å²) in [7, 11) is 1.64. The van der Waals surface area contributed by atoms with Crippen molar-refractivity contribution in [2.45, 2.75) is 25.6 Å². The summed E-state index contributed by atoms with van der Waals surface area (Å²) in [5.41, 5.74) is 2.13. The lowest BCUT2D eigenvalue weighted by atomic mass is 10.0. The van der Waals surface area contributed by atoms with Crippen LogP contribution in [0.2, 0.25) is 0 Å². The standard InChI is InChI=1S/C22H24N2O3/c1-16(22(25)23-15-17-10-12-19(26-2)13-11-17)24-21(20-9-6-14-27-20)18-7-4-3-5-8-18/h3-14,16,21,24H,15H2,1-2H3,(H,23,25)/p+1/t16-,21+/m0/s1. The van der Waals surface area contributed by atoms with Crippen LogP contribution in [0.25, 0.3) is 0 Å². The Kier molecular flexibility index (Phi) is 6.28. The van der Waals surface area contributed by atoms with Crippen LogP contribution < -0.4 is 15.4 Å². The van der Waals surface area contributed by atoms with Gasteiger partial charge in [0.05, 0.1) is 13.4 Å². The molecule has 0 spiro atoms. The van der Waals surface area contributed by atoms with Crippen molar-refractivity contribution in [3.05, 3.63) is 89.9 Å². The molecule has 2 atom stereocenters. The maximum absolute atomic E-state index is 12.6. The predicted octanol–water partition coefficient (Wildman–Crippen LogP) is 2.65. The van der Waals surface area contributed by atoms with Crippen molar-refractivity contribution in [3.8, 4) is 5.75 Å². The number of hydrogen-bond acceptors (Lipinski definition) is 3. The SMILES string of the molecule is COc1ccc(CNC(=O)[C@H](C)[NH2+][C@H](c2ccccc2)c2ccco2)cc1. The number of quaternary nitrogens is 1. The minimum absolute atomic E-state index is 0.0155. The molecule has 1 heterocycles. The third-order valence-corrected chi connectivity index (χ3v) is 4.53. The maximum Gasteiger partial charge on any atom is 0.278 e. The zero-order valence-corrected chi connectivity index (χ0v) is 15.6. The lowest BCUT2D eigenvalue weighted by molar-refractivity contribution is -0.706. The van der Waals surface area contributed by atoms with Gasteiger partial charge >= 0.3 is 0 Å². The Morgan fingerprint density at radius 1 is 1.07 bits per heavy atom. The van der Waals surface area contributed by atoms with Crippen LogP contribution in [0.3, 0.4) is 0 Å². The predicted molar refractivity (Wildman–Crippen MR) is 103 cm³/mol. The van der Waals surface area contributed by atoms with Crippen LogP contribution in [-0.2, 0) is 11.3 Å². The third-order valence-electron chi connectivity index (χ3n) is 4.53. The lowest BCUT2D eigenvalue weighted by Crippen LogP contribution is -2.92. The smallest absolute Gasteiger partial charge is 0.278 e. The van der Waals surface area contributed by atoms with Crippen LogP contribution in [0, 0.1) is 0 Å². The molecule has 3 rings (SSSR count). The van der Waals surface area contributed by atoms with Crippen LogP contribution in [-0.4, -0.2) is 19.1 Å². The van der Waals surface area contributed by atoms with Crippen molar-refractivity contribution in [3.63, 3.8) is 0 Å². The third kappa shape index (κ3) is 4.99. The van der Waals surface area contributed by atoms with Crippen LogP contribution in [0.5, 0.6) is 5.75 Å². The van der Waals surface area contributed by atoms with Gasteiger partial charge in [-0.25, -0.2) is 0 Å². The van der Waals surface area contributed by atoms with E-state index in [1.54, 1.807) is 13.4 Å². The Balaban J connectivity index is 1.62. The van der Waals surface area contributed by atoms with E-state index >= 15 is 0 Å². The Morgan fingerprint density at radius 2 is 1.81 bits per heavy atom. The Hall–Kier alpha value is -3.05. The summed E-state index contributed by atoms with van der Waals surface area (Å²) in [5.74, 6) is 1.62. The molecule has 2 aromatic carbocycles. The molecule has 0 unspecified atom stereocenters. The van der Waals surface area contributed by atoms with E-state index < -0.39 is 0 Å². The van der Waals surface area contributed by atoms with Gasteiger partial charge in [-0.15, -0.1) is 0 Å². The highest BCUT2D eigenvalue weighted by molar-refractivity contribution is 5.79. The maximum atomic E-state index is 12.6. The monoisotopic (exact) mass is 365 g/mol. The van der Waals surface area contributed by atoms with Crippen LogP contribution in [0.1, 0.15) is 29.9 Å². The molecule has 3 N–H and O–H groups in total. The number of carbonyl (C=O) groups excluding carboxylic acids is 1. The number of benzene rings is 2. The zero-order valence-electron chi connectivity index (χ0n) is 15.6. The molecular formula is C22H25N2O3+. The minimum Gasteiger partial charge on any atom is -0.497 e. The lowest BCUT2D eigenvalue weighted by Gasteiger charge is -2.18. The van der Waals surface area contributed by atoms with E-state index in [4.69, 9.17) is 9.15 Å². The second-order valence-electron chi connectivity index (χ2n) is 6.45. The van der Waals surface area contributed by atoms with Gasteiger partial charge in [0.15, 0.2) is 17.8 Å². The number of nitrogens with one attached hydrogen (secondary N) is 1. The summed E-state index contributed by atoms with van der Waals surface area (Å²) in [6, 6.07) is 21.2. The van der Waals surface area contributed by atoms with E-state index in [2.05, 4.69) is 5.32 Å². The molecule has 140 valence electrons. The fraction of sp³-hybridized carbons (Fsp3) is 0.227. The van der Waals surface area contributed by atoms with Crippen LogP contribution in [0.15, 0.2) is 77.4 Å². The van der Waals surface area contributed by atoms with E-state index in [1.165, 1.54) is 0 Å². The summed E-state index contributed by atoms with van der Waals surface area (Å²) in [6.07, 6.45) is 1.66. The van der Waals surface area contributed by atoms with E-state index in [0.717, 1.165) is 22.6 Å². The highest BCUT2D eigenvalue weighted by atomic mass is 16.5. The molecule has 0 aliphatic carbocycles. The van der Waals surface area contributed by atoms with Crippen molar-refractivity contribution in [2.75, 3.05) is 7.11 Å². The summed E-state index contributed by atoms with van der Waals surface area (Å²) in [5, 5.41) is 5.02. The molecule has 0 fully saturated rings. The molecule has 3 aromatic rings. The molecule has 0 radical (unpaired) electrons. The van der Waals surface area contributed by atoms with Crippen molar-refractivity contribution >= 4 is 5.91 Å². The fourth-order valence-corrected chi connectivity index (χ4v) is 2.97. The number of rotatable bonds is 8. The van der Waals surface area contributed by atoms with Gasteiger partial charge < -0.3 is 19.8 Å². The molecule has 5 heteroatoms. The van der Waals surface area contributed by atoms with E-state index in [1.807, 2.05) is 79.0 Å². The molecule has 27 heavy (non-hydrogen) atoms. The highest BCUT2D eigenvalue weighted by Crippen LogP contribution is 2.18. The quantitative estimate of drug-likeness (QED) is 0.645. The molecule has 0 bridgehead atoms. The number of furan rings is 1. The number of hydrogen-bond donors (Lipinski definition) is 2. The number of methoxy groups -OCH3 is 1. The second kappa shape index (κ2) is 9.05. The summed E-state index contributed by atoms with van der Waals surface area (Å²) in [4.78, 5) is 12.6. The van der Waals surface area contributed by atoms with Gasteiger partial charge in [-0.3, -0.25) is 4.79 Å². The first-order valence-corrected chi connectivity index (χ1v) is 9.01. The average Bonchev–Trinajstić information content (AvgIpc) is 3.25. The molecule has 0 saturated carbocycles. The second-order valence-corrected chi connectivity index (χ2v) is 6.45. The number of ether oxygens (including phenoxy) is 1. The molecule has 1 aromatic heterocycles. The van der Waals surface area contributed by atoms with Crippen LogP contribution >= 0.6 is 0 Å². The molecule has 5 nitrogen and oxygen atoms in total. The van der Waals surface area contributed by atoms with Crippen molar-refractivity contribution < 1.29 is 19.3 Å². The Morgan fingerprint density at radius 3 is 2.44 bits per heavy atom.